The fourth-order valence-corrected chi connectivity index (χ4v) is 5.18. The third-order valence-corrected chi connectivity index (χ3v) is 6.72. The molecule has 8 heteroatoms. The molecule has 4 rings (SSSR count). The van der Waals surface area contributed by atoms with Gasteiger partial charge >= 0.3 is 6.03 Å². The van der Waals surface area contributed by atoms with Crippen LogP contribution in [0, 0.1) is 20.8 Å². The molecule has 0 bridgehead atoms. The number of benzene rings is 2. The molecule has 4 amide bonds. The van der Waals surface area contributed by atoms with E-state index in [0.717, 1.165) is 27.3 Å². The Labute approximate surface area is 196 Å². The van der Waals surface area contributed by atoms with Crippen LogP contribution in [0.25, 0.3) is 11.3 Å². The summed E-state index contributed by atoms with van der Waals surface area (Å²) in [7, 11) is 0. The maximum absolute atomic E-state index is 13.2. The van der Waals surface area contributed by atoms with Gasteiger partial charge < -0.3 is 10.6 Å². The zero-order chi connectivity index (χ0) is 23.8. The molecule has 7 nitrogen and oxygen atoms in total. The summed E-state index contributed by atoms with van der Waals surface area (Å²) in [5, 5.41) is 7.84. The van der Waals surface area contributed by atoms with Gasteiger partial charge in [-0.2, -0.15) is 0 Å². The van der Waals surface area contributed by atoms with E-state index >= 15 is 0 Å². The summed E-state index contributed by atoms with van der Waals surface area (Å²) < 4.78 is 0. The monoisotopic (exact) mass is 462 g/mol. The van der Waals surface area contributed by atoms with Gasteiger partial charge in [-0.3, -0.25) is 14.5 Å². The van der Waals surface area contributed by atoms with Crippen LogP contribution in [0.4, 0.5) is 9.93 Å². The van der Waals surface area contributed by atoms with E-state index in [-0.39, 0.29) is 6.54 Å². The first kappa shape index (κ1) is 22.7. The van der Waals surface area contributed by atoms with Crippen LogP contribution in [-0.4, -0.2) is 34.3 Å². The number of urea groups is 1. The molecule has 3 aromatic rings. The SMILES string of the molecule is CCC1(c2ccccc2)NC(=O)N(CC(=O)Nc2nc(-c3c(C)cc(C)cc3C)cs2)C1=O. The maximum atomic E-state index is 13.2. The Morgan fingerprint density at radius 1 is 1.12 bits per heavy atom. The predicted octanol–water partition coefficient (Wildman–Crippen LogP) is 4.53. The lowest BCUT2D eigenvalue weighted by Crippen LogP contribution is -2.44. The molecule has 1 unspecified atom stereocenters. The number of aryl methyl sites for hydroxylation is 3. The average molecular weight is 463 g/mol. The topological polar surface area (TPSA) is 91.4 Å². The van der Waals surface area contributed by atoms with Crippen LogP contribution in [0.1, 0.15) is 35.6 Å². The van der Waals surface area contributed by atoms with Crippen molar-refractivity contribution in [3.8, 4) is 11.3 Å². The molecule has 1 saturated heterocycles. The van der Waals surface area contributed by atoms with Gasteiger partial charge in [0.2, 0.25) is 5.91 Å². The van der Waals surface area contributed by atoms with Gasteiger partial charge in [-0.25, -0.2) is 9.78 Å². The van der Waals surface area contributed by atoms with Gasteiger partial charge in [0, 0.05) is 10.9 Å². The highest BCUT2D eigenvalue weighted by atomic mass is 32.1. The predicted molar refractivity (Wildman–Crippen MR) is 129 cm³/mol. The van der Waals surface area contributed by atoms with Gasteiger partial charge in [-0.1, -0.05) is 55.0 Å². The molecule has 1 aliphatic rings. The number of rotatable bonds is 6. The van der Waals surface area contributed by atoms with Crippen LogP contribution in [0.5, 0.6) is 0 Å². The van der Waals surface area contributed by atoms with E-state index in [2.05, 4.69) is 34.7 Å². The molecular weight excluding hydrogens is 436 g/mol. The third kappa shape index (κ3) is 4.14. The molecule has 33 heavy (non-hydrogen) atoms. The highest BCUT2D eigenvalue weighted by Gasteiger charge is 2.51. The van der Waals surface area contributed by atoms with Crippen molar-refractivity contribution < 1.29 is 14.4 Å². The minimum atomic E-state index is -1.16. The Kier molecular flexibility index (Phi) is 6.03. The van der Waals surface area contributed by atoms with E-state index in [1.54, 1.807) is 12.1 Å². The van der Waals surface area contributed by atoms with Gasteiger partial charge in [0.25, 0.3) is 5.91 Å². The van der Waals surface area contributed by atoms with E-state index in [4.69, 9.17) is 0 Å². The fraction of sp³-hybridized carbons (Fsp3) is 0.280. The maximum Gasteiger partial charge on any atom is 0.325 e. The molecule has 0 saturated carbocycles. The van der Waals surface area contributed by atoms with E-state index in [9.17, 15) is 14.4 Å². The van der Waals surface area contributed by atoms with Crippen LogP contribution >= 0.6 is 11.3 Å². The standard InChI is InChI=1S/C25H26N4O3S/c1-5-25(18-9-7-6-8-10-18)22(31)29(24(32)28-25)13-20(30)27-23-26-19(14-33-23)21-16(3)11-15(2)12-17(21)4/h6-12,14H,5,13H2,1-4H3,(H,28,32)(H,26,27,30). The fourth-order valence-electron chi connectivity index (χ4n) is 4.46. The molecule has 1 aromatic heterocycles. The van der Waals surface area contributed by atoms with Gasteiger partial charge in [0.05, 0.1) is 5.69 Å². The third-order valence-electron chi connectivity index (χ3n) is 5.96. The van der Waals surface area contributed by atoms with Gasteiger partial charge in [0.1, 0.15) is 12.1 Å². The smallest absolute Gasteiger partial charge is 0.319 e. The van der Waals surface area contributed by atoms with E-state index < -0.39 is 23.4 Å². The molecule has 1 aliphatic heterocycles. The van der Waals surface area contributed by atoms with Crippen LogP contribution in [-0.2, 0) is 15.1 Å². The average Bonchev–Trinajstić information content (AvgIpc) is 3.31. The normalized spacial score (nSPS) is 17.9. The van der Waals surface area contributed by atoms with Gasteiger partial charge in [0.15, 0.2) is 5.13 Å². The summed E-state index contributed by atoms with van der Waals surface area (Å²) >= 11 is 1.31. The molecule has 170 valence electrons. The largest absolute Gasteiger partial charge is 0.325 e. The zero-order valence-electron chi connectivity index (χ0n) is 19.1. The molecule has 0 aliphatic carbocycles. The lowest BCUT2D eigenvalue weighted by atomic mass is 9.87. The number of amides is 4. The Morgan fingerprint density at radius 2 is 1.79 bits per heavy atom. The zero-order valence-corrected chi connectivity index (χ0v) is 19.9. The number of aromatic nitrogens is 1. The molecule has 2 heterocycles. The lowest BCUT2D eigenvalue weighted by Gasteiger charge is -2.25. The molecule has 2 aromatic carbocycles. The summed E-state index contributed by atoms with van der Waals surface area (Å²) in [6.07, 6.45) is 0.380. The summed E-state index contributed by atoms with van der Waals surface area (Å²) in [5.41, 5.74) is 4.79. The summed E-state index contributed by atoms with van der Waals surface area (Å²) in [5.74, 6) is -0.904. The second-order valence-corrected chi connectivity index (χ2v) is 9.16. The summed E-state index contributed by atoms with van der Waals surface area (Å²) in [6.45, 7) is 7.59. The number of nitrogens with zero attached hydrogens (tertiary/aromatic N) is 2. The molecule has 2 N–H and O–H groups in total. The number of imide groups is 1. The van der Waals surface area contributed by atoms with Gasteiger partial charge in [-0.15, -0.1) is 11.3 Å². The van der Waals surface area contributed by atoms with E-state index in [0.29, 0.717) is 17.1 Å². The summed E-state index contributed by atoms with van der Waals surface area (Å²) in [6, 6.07) is 12.7. The number of thiazole rings is 1. The minimum Gasteiger partial charge on any atom is -0.319 e. The lowest BCUT2D eigenvalue weighted by molar-refractivity contribution is -0.134. The van der Waals surface area contributed by atoms with Crippen LogP contribution in [0.2, 0.25) is 0 Å². The highest BCUT2D eigenvalue weighted by molar-refractivity contribution is 7.14. The molecule has 1 atom stereocenters. The molecule has 0 spiro atoms. The number of anilines is 1. The van der Waals surface area contributed by atoms with Crippen molar-refractivity contribution >= 4 is 34.3 Å². The quantitative estimate of drug-likeness (QED) is 0.527. The van der Waals surface area contributed by atoms with Crippen molar-refractivity contribution in [1.82, 2.24) is 15.2 Å². The van der Waals surface area contributed by atoms with Crippen molar-refractivity contribution in [3.63, 3.8) is 0 Å². The number of nitrogens with one attached hydrogen (secondary N) is 2. The Hall–Kier alpha value is -3.52. The Bertz CT molecular complexity index is 1210. The van der Waals surface area contributed by atoms with E-state index in [1.807, 2.05) is 44.4 Å². The first-order chi connectivity index (χ1) is 15.7. The number of carbonyl (C=O) groups is 3. The van der Waals surface area contributed by atoms with Crippen molar-refractivity contribution in [2.75, 3.05) is 11.9 Å². The number of carbonyl (C=O) groups excluding carboxylic acids is 3. The van der Waals surface area contributed by atoms with Crippen molar-refractivity contribution in [3.05, 3.63) is 70.1 Å². The van der Waals surface area contributed by atoms with Crippen molar-refractivity contribution in [1.29, 1.82) is 0 Å². The number of hydrogen-bond donors (Lipinski definition) is 2. The molecule has 1 fully saturated rings. The molecular formula is C25H26N4O3S. The first-order valence-electron chi connectivity index (χ1n) is 10.8. The number of hydrogen-bond acceptors (Lipinski definition) is 5. The van der Waals surface area contributed by atoms with Crippen LogP contribution in [0.3, 0.4) is 0 Å². The summed E-state index contributed by atoms with van der Waals surface area (Å²) in [4.78, 5) is 44.0. The Morgan fingerprint density at radius 3 is 2.42 bits per heavy atom. The van der Waals surface area contributed by atoms with Crippen molar-refractivity contribution in [2.24, 2.45) is 0 Å². The van der Waals surface area contributed by atoms with Gasteiger partial charge in [-0.05, 0) is 43.9 Å². The first-order valence-corrected chi connectivity index (χ1v) is 11.7. The van der Waals surface area contributed by atoms with Crippen molar-refractivity contribution in [2.45, 2.75) is 39.7 Å². The van der Waals surface area contributed by atoms with Crippen LogP contribution in [0.15, 0.2) is 47.8 Å². The second-order valence-electron chi connectivity index (χ2n) is 8.31. The Balaban J connectivity index is 1.49. The second kappa shape index (κ2) is 8.78. The minimum absolute atomic E-state index is 0.378. The highest BCUT2D eigenvalue weighted by Crippen LogP contribution is 2.33. The molecule has 0 radical (unpaired) electrons. The van der Waals surface area contributed by atoms with Crippen LogP contribution < -0.4 is 10.6 Å². The van der Waals surface area contributed by atoms with E-state index in [1.165, 1.54) is 16.9 Å².